The van der Waals surface area contributed by atoms with Crippen molar-refractivity contribution in [1.29, 1.82) is 0 Å². The van der Waals surface area contributed by atoms with E-state index in [9.17, 15) is 13.5 Å². The molecule has 0 spiro atoms. The van der Waals surface area contributed by atoms with E-state index in [1.807, 2.05) is 24.3 Å². The summed E-state index contributed by atoms with van der Waals surface area (Å²) in [5.74, 6) is 0.651. The predicted octanol–water partition coefficient (Wildman–Crippen LogP) is 3.56. The first-order valence-corrected chi connectivity index (χ1v) is 10.6. The van der Waals surface area contributed by atoms with Crippen LogP contribution in [0.25, 0.3) is 0 Å². The van der Waals surface area contributed by atoms with E-state index < -0.39 is 9.84 Å². The van der Waals surface area contributed by atoms with Gasteiger partial charge in [0, 0.05) is 25.4 Å². The first-order chi connectivity index (χ1) is 12.3. The SMILES string of the molecule is COc1cc(CC[C@@H](C)N2Cc3ccc(S(C)(=O)=O)cc3C2)ccc1O.Cl. The van der Waals surface area contributed by atoms with Crippen molar-refractivity contribution in [3.63, 3.8) is 0 Å². The number of halogens is 1. The number of fused-ring (bicyclic) bond motifs is 1. The van der Waals surface area contributed by atoms with Crippen LogP contribution in [0.4, 0.5) is 0 Å². The van der Waals surface area contributed by atoms with Gasteiger partial charge in [0.05, 0.1) is 12.0 Å². The van der Waals surface area contributed by atoms with Gasteiger partial charge in [-0.1, -0.05) is 12.1 Å². The molecule has 0 fully saturated rings. The van der Waals surface area contributed by atoms with Crippen LogP contribution < -0.4 is 4.74 Å². The maximum atomic E-state index is 11.7. The third-order valence-electron chi connectivity index (χ3n) is 5.07. The van der Waals surface area contributed by atoms with Gasteiger partial charge in [-0.2, -0.15) is 0 Å². The molecule has 1 aliphatic rings. The maximum Gasteiger partial charge on any atom is 0.175 e. The van der Waals surface area contributed by atoms with E-state index in [0.717, 1.165) is 37.1 Å². The normalized spacial score (nSPS) is 15.1. The summed E-state index contributed by atoms with van der Waals surface area (Å²) < 4.78 is 28.6. The van der Waals surface area contributed by atoms with Crippen LogP contribution in [0.2, 0.25) is 0 Å². The summed E-state index contributed by atoms with van der Waals surface area (Å²) in [6, 6.07) is 11.3. The van der Waals surface area contributed by atoms with Crippen molar-refractivity contribution in [2.45, 2.75) is 43.8 Å². The molecule has 0 aliphatic carbocycles. The van der Waals surface area contributed by atoms with Gasteiger partial charge in [-0.3, -0.25) is 4.90 Å². The van der Waals surface area contributed by atoms with Gasteiger partial charge in [0.15, 0.2) is 21.3 Å². The molecule has 0 saturated heterocycles. The Labute approximate surface area is 167 Å². The van der Waals surface area contributed by atoms with Crippen molar-refractivity contribution in [2.24, 2.45) is 0 Å². The summed E-state index contributed by atoms with van der Waals surface area (Å²) in [7, 11) is -1.62. The van der Waals surface area contributed by atoms with Crippen molar-refractivity contribution in [3.05, 3.63) is 53.1 Å². The topological polar surface area (TPSA) is 66.8 Å². The van der Waals surface area contributed by atoms with Crippen molar-refractivity contribution < 1.29 is 18.3 Å². The zero-order valence-corrected chi connectivity index (χ0v) is 17.4. The second kappa shape index (κ2) is 8.50. The van der Waals surface area contributed by atoms with Gasteiger partial charge in [-0.25, -0.2) is 8.42 Å². The van der Waals surface area contributed by atoms with E-state index in [2.05, 4.69) is 11.8 Å². The summed E-state index contributed by atoms with van der Waals surface area (Å²) in [4.78, 5) is 2.76. The molecule has 1 atom stereocenters. The molecule has 2 aromatic rings. The lowest BCUT2D eigenvalue weighted by atomic mass is 10.0. The molecule has 148 valence electrons. The number of phenolic OH excluding ortho intramolecular Hbond substituents is 1. The number of aromatic hydroxyl groups is 1. The van der Waals surface area contributed by atoms with E-state index in [0.29, 0.717) is 16.7 Å². The summed E-state index contributed by atoms with van der Waals surface area (Å²) in [5.41, 5.74) is 3.43. The van der Waals surface area contributed by atoms with Crippen LogP contribution in [0, 0.1) is 0 Å². The summed E-state index contributed by atoms with van der Waals surface area (Å²) in [6.45, 7) is 3.82. The van der Waals surface area contributed by atoms with Gasteiger partial charge in [0.2, 0.25) is 0 Å². The highest BCUT2D eigenvalue weighted by Crippen LogP contribution is 2.30. The zero-order chi connectivity index (χ0) is 18.9. The number of benzene rings is 2. The minimum Gasteiger partial charge on any atom is -0.504 e. The van der Waals surface area contributed by atoms with Crippen molar-refractivity contribution in [2.75, 3.05) is 13.4 Å². The molecule has 0 radical (unpaired) electrons. The Hall–Kier alpha value is -1.76. The Morgan fingerprint density at radius 2 is 1.85 bits per heavy atom. The van der Waals surface area contributed by atoms with E-state index in [1.165, 1.54) is 11.8 Å². The number of ether oxygens (including phenoxy) is 1. The van der Waals surface area contributed by atoms with Crippen LogP contribution in [0.3, 0.4) is 0 Å². The van der Waals surface area contributed by atoms with Crippen molar-refractivity contribution >= 4 is 22.2 Å². The number of rotatable bonds is 6. The molecule has 1 heterocycles. The standard InChI is InChI=1S/C20H25NO4S.ClH/c1-14(4-5-15-6-9-19(22)20(10-15)25-2)21-12-16-7-8-18(26(3,23)24)11-17(16)13-21;/h6-11,14,22H,4-5,12-13H2,1-3H3;1H/t14-;/m1./s1. The fraction of sp³-hybridized carbons (Fsp3) is 0.400. The molecule has 7 heteroatoms. The fourth-order valence-corrected chi connectivity index (χ4v) is 4.05. The third kappa shape index (κ3) is 4.94. The molecule has 0 bridgehead atoms. The second-order valence-electron chi connectivity index (χ2n) is 7.00. The van der Waals surface area contributed by atoms with Crippen LogP contribution >= 0.6 is 12.4 Å². The minimum atomic E-state index is -3.17. The van der Waals surface area contributed by atoms with Crippen LogP contribution in [-0.4, -0.2) is 37.8 Å². The summed E-state index contributed by atoms with van der Waals surface area (Å²) in [5, 5.41) is 9.69. The molecule has 27 heavy (non-hydrogen) atoms. The molecule has 0 aromatic heterocycles. The monoisotopic (exact) mass is 411 g/mol. The van der Waals surface area contributed by atoms with E-state index in [4.69, 9.17) is 4.74 Å². The van der Waals surface area contributed by atoms with Crippen LogP contribution in [-0.2, 0) is 29.3 Å². The smallest absolute Gasteiger partial charge is 0.175 e. The maximum absolute atomic E-state index is 11.7. The second-order valence-corrected chi connectivity index (χ2v) is 9.02. The molecule has 5 nitrogen and oxygen atoms in total. The average molecular weight is 412 g/mol. The first-order valence-electron chi connectivity index (χ1n) is 8.69. The Morgan fingerprint density at radius 1 is 1.15 bits per heavy atom. The van der Waals surface area contributed by atoms with Gasteiger partial charge in [0.1, 0.15) is 0 Å². The lowest BCUT2D eigenvalue weighted by Crippen LogP contribution is -2.28. The summed E-state index contributed by atoms with van der Waals surface area (Å²) in [6.07, 6.45) is 3.11. The molecule has 0 unspecified atom stereocenters. The minimum absolute atomic E-state index is 0. The highest BCUT2D eigenvalue weighted by Gasteiger charge is 2.24. The highest BCUT2D eigenvalue weighted by atomic mass is 35.5. The molecular weight excluding hydrogens is 386 g/mol. The number of hydrogen-bond acceptors (Lipinski definition) is 5. The number of aryl methyl sites for hydroxylation is 1. The van der Waals surface area contributed by atoms with Crippen molar-refractivity contribution in [3.8, 4) is 11.5 Å². The number of methoxy groups -OCH3 is 1. The highest BCUT2D eigenvalue weighted by molar-refractivity contribution is 7.90. The molecule has 1 N–H and O–H groups in total. The van der Waals surface area contributed by atoms with E-state index in [1.54, 1.807) is 19.2 Å². The quantitative estimate of drug-likeness (QED) is 0.787. The Kier molecular flexibility index (Phi) is 6.78. The molecule has 0 saturated carbocycles. The Bertz CT molecular complexity index is 914. The van der Waals surface area contributed by atoms with E-state index >= 15 is 0 Å². The molecule has 1 aliphatic heterocycles. The molecule has 0 amide bonds. The number of phenols is 1. The van der Waals surface area contributed by atoms with Gasteiger partial charge in [0.25, 0.3) is 0 Å². The fourth-order valence-electron chi connectivity index (χ4n) is 3.38. The largest absolute Gasteiger partial charge is 0.504 e. The van der Waals surface area contributed by atoms with Crippen LogP contribution in [0.5, 0.6) is 11.5 Å². The van der Waals surface area contributed by atoms with Gasteiger partial charge < -0.3 is 9.84 Å². The lowest BCUT2D eigenvalue weighted by Gasteiger charge is -2.23. The first kappa shape index (κ1) is 21.5. The predicted molar refractivity (Wildman–Crippen MR) is 108 cm³/mol. The number of sulfone groups is 1. The van der Waals surface area contributed by atoms with Crippen LogP contribution in [0.1, 0.15) is 30.0 Å². The van der Waals surface area contributed by atoms with Crippen molar-refractivity contribution in [1.82, 2.24) is 4.90 Å². The van der Waals surface area contributed by atoms with Gasteiger partial charge >= 0.3 is 0 Å². The van der Waals surface area contributed by atoms with Gasteiger partial charge in [-0.05, 0) is 60.7 Å². The summed E-state index contributed by atoms with van der Waals surface area (Å²) >= 11 is 0. The number of hydrogen-bond donors (Lipinski definition) is 1. The zero-order valence-electron chi connectivity index (χ0n) is 15.8. The van der Waals surface area contributed by atoms with E-state index in [-0.39, 0.29) is 18.2 Å². The third-order valence-corrected chi connectivity index (χ3v) is 6.18. The lowest BCUT2D eigenvalue weighted by molar-refractivity contribution is 0.203. The van der Waals surface area contributed by atoms with Crippen LogP contribution in [0.15, 0.2) is 41.3 Å². The Balaban J connectivity index is 0.00000261. The van der Waals surface area contributed by atoms with Gasteiger partial charge in [-0.15, -0.1) is 12.4 Å². The molecule has 3 rings (SSSR count). The Morgan fingerprint density at radius 3 is 2.52 bits per heavy atom. The molecule has 2 aromatic carbocycles. The number of nitrogens with zero attached hydrogens (tertiary/aromatic N) is 1. The average Bonchev–Trinajstić information content (AvgIpc) is 3.03. The molecular formula is C20H26ClNO4S.